The Bertz CT molecular complexity index is 1120. The van der Waals surface area contributed by atoms with Gasteiger partial charge >= 0.3 is 11.3 Å². The van der Waals surface area contributed by atoms with Gasteiger partial charge in [-0.15, -0.1) is 0 Å². The summed E-state index contributed by atoms with van der Waals surface area (Å²) in [5, 5.41) is 9.73. The fourth-order valence-electron chi connectivity index (χ4n) is 4.25. The quantitative estimate of drug-likeness (QED) is 0.313. The SMILES string of the molecule is COC(=O)[C@H](CCSC)NC(=O)c1ccc(NC[C@@H]2C[C@H](SC(=O)OC(C)(C)C)CN2)cc1-c1ccccc1. The minimum Gasteiger partial charge on any atom is -0.467 e. The van der Waals surface area contributed by atoms with Crippen molar-refractivity contribution >= 4 is 46.4 Å². The fraction of sp³-hybridized carbons (Fsp3) is 0.483. The molecule has 3 atom stereocenters. The average Bonchev–Trinajstić information content (AvgIpc) is 3.35. The van der Waals surface area contributed by atoms with Crippen LogP contribution in [0.5, 0.6) is 0 Å². The number of anilines is 1. The number of methoxy groups -OCH3 is 1. The summed E-state index contributed by atoms with van der Waals surface area (Å²) >= 11 is 2.85. The van der Waals surface area contributed by atoms with Crippen LogP contribution in [0.1, 0.15) is 44.0 Å². The van der Waals surface area contributed by atoms with Gasteiger partial charge in [-0.05, 0) is 86.7 Å². The summed E-state index contributed by atoms with van der Waals surface area (Å²) in [6.45, 7) is 7.01. The molecule has 1 aliphatic heterocycles. The molecule has 3 N–H and O–H groups in total. The van der Waals surface area contributed by atoms with Crippen molar-refractivity contribution in [2.24, 2.45) is 0 Å². The maximum Gasteiger partial charge on any atom is 0.368 e. The lowest BCUT2D eigenvalue weighted by Crippen LogP contribution is -2.42. The molecular weight excluding hydrogens is 534 g/mol. The number of amides is 1. The number of carbonyl (C=O) groups excluding carboxylic acids is 3. The molecule has 0 bridgehead atoms. The number of rotatable bonds is 11. The number of esters is 1. The van der Waals surface area contributed by atoms with Gasteiger partial charge in [0.2, 0.25) is 0 Å². The highest BCUT2D eigenvalue weighted by Gasteiger charge is 2.29. The molecule has 1 amide bonds. The fourth-order valence-corrected chi connectivity index (χ4v) is 5.80. The van der Waals surface area contributed by atoms with Crippen LogP contribution in [-0.4, -0.2) is 72.3 Å². The largest absolute Gasteiger partial charge is 0.467 e. The van der Waals surface area contributed by atoms with E-state index in [1.165, 1.54) is 18.9 Å². The highest BCUT2D eigenvalue weighted by Crippen LogP contribution is 2.29. The molecule has 1 saturated heterocycles. The molecule has 0 saturated carbocycles. The first-order valence-corrected chi connectivity index (χ1v) is 15.3. The Labute approximate surface area is 239 Å². The molecule has 0 aliphatic carbocycles. The van der Waals surface area contributed by atoms with Crippen LogP contribution in [0.4, 0.5) is 10.5 Å². The Morgan fingerprint density at radius 2 is 1.87 bits per heavy atom. The molecule has 3 rings (SSSR count). The molecule has 39 heavy (non-hydrogen) atoms. The molecule has 0 aromatic heterocycles. The van der Waals surface area contributed by atoms with Gasteiger partial charge in [-0.3, -0.25) is 4.79 Å². The molecule has 10 heteroatoms. The smallest absolute Gasteiger partial charge is 0.368 e. The highest BCUT2D eigenvalue weighted by molar-refractivity contribution is 8.13. The van der Waals surface area contributed by atoms with Crippen LogP contribution in [0.3, 0.4) is 0 Å². The van der Waals surface area contributed by atoms with E-state index in [0.29, 0.717) is 18.5 Å². The van der Waals surface area contributed by atoms with Crippen LogP contribution in [0, 0.1) is 0 Å². The molecule has 2 aromatic carbocycles. The van der Waals surface area contributed by atoms with E-state index in [4.69, 9.17) is 9.47 Å². The molecule has 8 nitrogen and oxygen atoms in total. The summed E-state index contributed by atoms with van der Waals surface area (Å²) in [5.41, 5.74) is 2.54. The van der Waals surface area contributed by atoms with Crippen LogP contribution >= 0.6 is 23.5 Å². The molecule has 1 aliphatic rings. The van der Waals surface area contributed by atoms with Crippen molar-refractivity contribution in [1.29, 1.82) is 0 Å². The number of hydrogen-bond donors (Lipinski definition) is 3. The van der Waals surface area contributed by atoms with Crippen molar-refractivity contribution in [1.82, 2.24) is 10.6 Å². The lowest BCUT2D eigenvalue weighted by atomic mass is 9.98. The van der Waals surface area contributed by atoms with E-state index in [9.17, 15) is 14.4 Å². The maximum absolute atomic E-state index is 13.3. The second-order valence-electron chi connectivity index (χ2n) is 10.4. The van der Waals surface area contributed by atoms with Gasteiger partial charge in [0.15, 0.2) is 0 Å². The third-order valence-corrected chi connectivity index (χ3v) is 7.75. The molecule has 212 valence electrons. The molecule has 2 aromatic rings. The van der Waals surface area contributed by atoms with Crippen molar-refractivity contribution in [3.8, 4) is 11.1 Å². The van der Waals surface area contributed by atoms with E-state index in [1.807, 2.05) is 69.5 Å². The van der Waals surface area contributed by atoms with Crippen LogP contribution in [-0.2, 0) is 14.3 Å². The lowest BCUT2D eigenvalue weighted by molar-refractivity contribution is -0.142. The number of ether oxygens (including phenoxy) is 2. The van der Waals surface area contributed by atoms with Gasteiger partial charge < -0.3 is 25.4 Å². The number of hydrogen-bond acceptors (Lipinski definition) is 9. The number of thioether (sulfide) groups is 2. The summed E-state index contributed by atoms with van der Waals surface area (Å²) < 4.78 is 10.3. The standard InChI is InChI=1S/C29H39N3O5S2/c1-29(2,3)37-28(35)39-22-15-21(31-18-22)17-30-20-11-12-23(24(16-20)19-9-7-6-8-10-19)26(33)32-25(13-14-38-5)27(34)36-4/h6-12,16,21-22,25,30-31H,13-15,17-18H2,1-5H3,(H,32,33)/t21-,22-,25-/m0/s1. The molecule has 0 spiro atoms. The van der Waals surface area contributed by atoms with Crippen molar-refractivity contribution in [2.75, 3.05) is 37.5 Å². The van der Waals surface area contributed by atoms with Gasteiger partial charge in [-0.1, -0.05) is 30.3 Å². The van der Waals surface area contributed by atoms with Gasteiger partial charge in [0.05, 0.1) is 7.11 Å². The van der Waals surface area contributed by atoms with E-state index < -0.39 is 17.6 Å². The Balaban J connectivity index is 1.69. The topological polar surface area (TPSA) is 106 Å². The van der Waals surface area contributed by atoms with Crippen LogP contribution < -0.4 is 16.0 Å². The lowest BCUT2D eigenvalue weighted by Gasteiger charge is -2.20. The van der Waals surface area contributed by atoms with E-state index in [-0.39, 0.29) is 22.5 Å². The summed E-state index contributed by atoms with van der Waals surface area (Å²) in [6, 6.07) is 14.8. The Kier molecular flexibility index (Phi) is 11.6. The summed E-state index contributed by atoms with van der Waals surface area (Å²) in [7, 11) is 1.33. The zero-order valence-corrected chi connectivity index (χ0v) is 24.9. The first-order valence-electron chi connectivity index (χ1n) is 13.0. The Morgan fingerprint density at radius 3 is 2.54 bits per heavy atom. The number of benzene rings is 2. The molecule has 1 heterocycles. The first kappa shape index (κ1) is 30.8. The third kappa shape index (κ3) is 9.77. The van der Waals surface area contributed by atoms with Gasteiger partial charge in [0, 0.05) is 35.6 Å². The van der Waals surface area contributed by atoms with Gasteiger partial charge in [-0.2, -0.15) is 11.8 Å². The summed E-state index contributed by atoms with van der Waals surface area (Å²) in [5.74, 6) is -0.0543. The monoisotopic (exact) mass is 573 g/mol. The second-order valence-corrected chi connectivity index (χ2v) is 12.6. The predicted octanol–water partition coefficient (Wildman–Crippen LogP) is 5.19. The average molecular weight is 574 g/mol. The van der Waals surface area contributed by atoms with E-state index >= 15 is 0 Å². The van der Waals surface area contributed by atoms with Crippen LogP contribution in [0.2, 0.25) is 0 Å². The van der Waals surface area contributed by atoms with Gasteiger partial charge in [0.1, 0.15) is 11.6 Å². The van der Waals surface area contributed by atoms with Crippen molar-refractivity contribution in [3.05, 3.63) is 54.1 Å². The Hall–Kier alpha value is -2.69. The zero-order chi connectivity index (χ0) is 28.4. The first-order chi connectivity index (χ1) is 18.6. The van der Waals surface area contributed by atoms with E-state index in [2.05, 4.69) is 16.0 Å². The van der Waals surface area contributed by atoms with Gasteiger partial charge in [-0.25, -0.2) is 9.59 Å². The summed E-state index contributed by atoms with van der Waals surface area (Å²) in [6.07, 6.45) is 3.28. The Morgan fingerprint density at radius 1 is 1.13 bits per heavy atom. The molecular formula is C29H39N3O5S2. The predicted molar refractivity (Wildman–Crippen MR) is 161 cm³/mol. The van der Waals surface area contributed by atoms with Crippen LogP contribution in [0.15, 0.2) is 48.5 Å². The maximum atomic E-state index is 13.3. The second kappa shape index (κ2) is 14.6. The normalized spacial score (nSPS) is 17.8. The number of carbonyl (C=O) groups is 3. The summed E-state index contributed by atoms with van der Waals surface area (Å²) in [4.78, 5) is 37.8. The molecule has 0 radical (unpaired) electrons. The van der Waals surface area contributed by atoms with Crippen molar-refractivity contribution in [2.45, 2.75) is 56.5 Å². The third-order valence-electron chi connectivity index (χ3n) is 6.14. The van der Waals surface area contributed by atoms with Crippen LogP contribution in [0.25, 0.3) is 11.1 Å². The molecule has 0 unspecified atom stereocenters. The zero-order valence-electron chi connectivity index (χ0n) is 23.2. The minimum absolute atomic E-state index is 0.159. The molecule has 1 fully saturated rings. The highest BCUT2D eigenvalue weighted by atomic mass is 32.2. The van der Waals surface area contributed by atoms with E-state index in [1.54, 1.807) is 17.8 Å². The van der Waals surface area contributed by atoms with Gasteiger partial charge in [0.25, 0.3) is 5.91 Å². The minimum atomic E-state index is -0.712. The van der Waals surface area contributed by atoms with Crippen molar-refractivity contribution in [3.63, 3.8) is 0 Å². The van der Waals surface area contributed by atoms with E-state index in [0.717, 1.165) is 35.5 Å². The van der Waals surface area contributed by atoms with Crippen molar-refractivity contribution < 1.29 is 23.9 Å². The number of nitrogens with one attached hydrogen (secondary N) is 3.